The van der Waals surface area contributed by atoms with E-state index in [2.05, 4.69) is 11.5 Å². The summed E-state index contributed by atoms with van der Waals surface area (Å²) in [6.45, 7) is 6.08. The Hall–Kier alpha value is -1.81. The summed E-state index contributed by atoms with van der Waals surface area (Å²) in [7, 11) is 2.01. The van der Waals surface area contributed by atoms with Crippen molar-refractivity contribution in [2.75, 3.05) is 6.61 Å². The minimum atomic E-state index is -1.22. The Bertz CT molecular complexity index is 628. The Kier molecular flexibility index (Phi) is 3.62. The second-order valence-corrected chi connectivity index (χ2v) is 4.70. The summed E-state index contributed by atoms with van der Waals surface area (Å²) in [5.41, 5.74) is 4.00. The molecular weight excluding hydrogens is 242 g/mol. The van der Waals surface area contributed by atoms with Crippen molar-refractivity contribution in [3.63, 3.8) is 0 Å². The van der Waals surface area contributed by atoms with Gasteiger partial charge in [0.1, 0.15) is 0 Å². The summed E-state index contributed by atoms with van der Waals surface area (Å²) in [5.74, 6) is -0.604. The van der Waals surface area contributed by atoms with E-state index in [9.17, 15) is 9.90 Å². The molecule has 2 rings (SSSR count). The van der Waals surface area contributed by atoms with Gasteiger partial charge < -0.3 is 14.4 Å². The lowest BCUT2D eigenvalue weighted by Crippen LogP contribution is -2.15. The molecule has 1 aromatic heterocycles. The van der Waals surface area contributed by atoms with Gasteiger partial charge in [0, 0.05) is 23.6 Å². The lowest BCUT2D eigenvalue weighted by molar-refractivity contribution is -0.153. The van der Waals surface area contributed by atoms with Crippen LogP contribution in [0.5, 0.6) is 0 Å². The highest BCUT2D eigenvalue weighted by Gasteiger charge is 2.20. The Morgan fingerprint density at radius 2 is 2.11 bits per heavy atom. The predicted molar refractivity (Wildman–Crippen MR) is 74.0 cm³/mol. The van der Waals surface area contributed by atoms with Crippen LogP contribution in [0.25, 0.3) is 10.9 Å². The van der Waals surface area contributed by atoms with E-state index in [1.54, 1.807) is 13.0 Å². The van der Waals surface area contributed by atoms with Crippen molar-refractivity contribution < 1.29 is 14.6 Å². The van der Waals surface area contributed by atoms with E-state index < -0.39 is 12.1 Å². The van der Waals surface area contributed by atoms with E-state index in [0.29, 0.717) is 5.56 Å². The van der Waals surface area contributed by atoms with Crippen LogP contribution in [0.4, 0.5) is 0 Å². The molecule has 4 nitrogen and oxygen atoms in total. The largest absolute Gasteiger partial charge is 0.464 e. The molecule has 1 unspecified atom stereocenters. The first-order valence-corrected chi connectivity index (χ1v) is 6.37. The molecular formula is C15H19NO3. The third kappa shape index (κ3) is 2.24. The quantitative estimate of drug-likeness (QED) is 0.863. The average molecular weight is 261 g/mol. The van der Waals surface area contributed by atoms with Crippen molar-refractivity contribution in [2.45, 2.75) is 26.9 Å². The highest BCUT2D eigenvalue weighted by molar-refractivity contribution is 5.87. The number of benzene rings is 1. The van der Waals surface area contributed by atoms with Crippen LogP contribution in [0, 0.1) is 13.8 Å². The van der Waals surface area contributed by atoms with Crippen LogP contribution in [0.15, 0.2) is 18.2 Å². The third-order valence-electron chi connectivity index (χ3n) is 3.66. The first-order valence-electron chi connectivity index (χ1n) is 6.37. The monoisotopic (exact) mass is 261 g/mol. The number of hydrogen-bond donors (Lipinski definition) is 1. The Morgan fingerprint density at radius 1 is 1.42 bits per heavy atom. The number of ether oxygens (including phenoxy) is 1. The molecule has 2 aromatic rings. The number of rotatable bonds is 3. The van der Waals surface area contributed by atoms with Gasteiger partial charge in [-0.05, 0) is 44.0 Å². The summed E-state index contributed by atoms with van der Waals surface area (Å²) in [6, 6.07) is 5.55. The van der Waals surface area contributed by atoms with Gasteiger partial charge in [-0.25, -0.2) is 4.79 Å². The van der Waals surface area contributed by atoms with E-state index in [1.165, 1.54) is 5.69 Å². The minimum absolute atomic E-state index is 0.265. The lowest BCUT2D eigenvalue weighted by atomic mass is 10.0. The molecule has 0 saturated carbocycles. The van der Waals surface area contributed by atoms with E-state index in [-0.39, 0.29) is 6.61 Å². The SMILES string of the molecule is CCOC(=O)C(O)c1ccc2c(c1)c(C)c(C)n2C. The fourth-order valence-corrected chi connectivity index (χ4v) is 2.30. The molecule has 0 bridgehead atoms. The second kappa shape index (κ2) is 5.05. The molecule has 0 fully saturated rings. The fraction of sp³-hybridized carbons (Fsp3) is 0.400. The lowest BCUT2D eigenvalue weighted by Gasteiger charge is -2.10. The van der Waals surface area contributed by atoms with Gasteiger partial charge in [0.15, 0.2) is 6.10 Å². The molecule has 0 aliphatic rings. The van der Waals surface area contributed by atoms with Gasteiger partial charge in [0.05, 0.1) is 6.61 Å². The summed E-state index contributed by atoms with van der Waals surface area (Å²) < 4.78 is 6.94. The zero-order chi connectivity index (χ0) is 14.2. The summed E-state index contributed by atoms with van der Waals surface area (Å²) in [5, 5.41) is 11.0. The van der Waals surface area contributed by atoms with Crippen LogP contribution < -0.4 is 0 Å². The van der Waals surface area contributed by atoms with Crippen molar-refractivity contribution in [2.24, 2.45) is 7.05 Å². The van der Waals surface area contributed by atoms with Crippen molar-refractivity contribution in [3.8, 4) is 0 Å². The van der Waals surface area contributed by atoms with Crippen LogP contribution in [0.2, 0.25) is 0 Å². The van der Waals surface area contributed by atoms with E-state index in [0.717, 1.165) is 16.5 Å². The topological polar surface area (TPSA) is 51.5 Å². The maximum absolute atomic E-state index is 11.6. The number of carbonyl (C=O) groups is 1. The zero-order valence-corrected chi connectivity index (χ0v) is 11.7. The number of hydrogen-bond acceptors (Lipinski definition) is 3. The maximum atomic E-state index is 11.6. The molecule has 0 amide bonds. The molecule has 0 radical (unpaired) electrons. The predicted octanol–water partition coefficient (Wildman–Crippen LogP) is 2.39. The van der Waals surface area contributed by atoms with Crippen LogP contribution in [0.3, 0.4) is 0 Å². The Morgan fingerprint density at radius 3 is 2.74 bits per heavy atom. The highest BCUT2D eigenvalue weighted by Crippen LogP contribution is 2.27. The average Bonchev–Trinajstić information content (AvgIpc) is 2.63. The summed E-state index contributed by atoms with van der Waals surface area (Å²) >= 11 is 0. The Balaban J connectivity index is 2.47. The number of carbonyl (C=O) groups excluding carboxylic acids is 1. The third-order valence-corrected chi connectivity index (χ3v) is 3.66. The van der Waals surface area contributed by atoms with Crippen molar-refractivity contribution in [3.05, 3.63) is 35.0 Å². The van der Waals surface area contributed by atoms with Crippen molar-refractivity contribution >= 4 is 16.9 Å². The molecule has 0 aliphatic heterocycles. The molecule has 1 aromatic carbocycles. The van der Waals surface area contributed by atoms with Gasteiger partial charge in [-0.3, -0.25) is 0 Å². The van der Waals surface area contributed by atoms with E-state index in [4.69, 9.17) is 4.74 Å². The van der Waals surface area contributed by atoms with Gasteiger partial charge in [0.2, 0.25) is 0 Å². The van der Waals surface area contributed by atoms with E-state index in [1.807, 2.05) is 26.1 Å². The molecule has 0 aliphatic carbocycles. The number of aromatic nitrogens is 1. The molecule has 1 heterocycles. The highest BCUT2D eigenvalue weighted by atomic mass is 16.5. The number of aliphatic hydroxyl groups excluding tert-OH is 1. The number of aliphatic hydroxyl groups is 1. The van der Waals surface area contributed by atoms with Crippen LogP contribution >= 0.6 is 0 Å². The molecule has 19 heavy (non-hydrogen) atoms. The van der Waals surface area contributed by atoms with Gasteiger partial charge in [0.25, 0.3) is 0 Å². The fourth-order valence-electron chi connectivity index (χ4n) is 2.30. The van der Waals surface area contributed by atoms with Gasteiger partial charge in [-0.1, -0.05) is 6.07 Å². The first-order chi connectivity index (χ1) is 8.97. The van der Waals surface area contributed by atoms with Crippen molar-refractivity contribution in [1.82, 2.24) is 4.57 Å². The van der Waals surface area contributed by atoms with Gasteiger partial charge in [-0.15, -0.1) is 0 Å². The normalized spacial score (nSPS) is 12.7. The number of esters is 1. The van der Waals surface area contributed by atoms with Crippen molar-refractivity contribution in [1.29, 1.82) is 0 Å². The van der Waals surface area contributed by atoms with Crippen LogP contribution in [0.1, 0.15) is 29.8 Å². The second-order valence-electron chi connectivity index (χ2n) is 4.70. The number of nitrogens with zero attached hydrogens (tertiary/aromatic N) is 1. The minimum Gasteiger partial charge on any atom is -0.464 e. The zero-order valence-electron chi connectivity index (χ0n) is 11.7. The Labute approximate surface area is 112 Å². The molecule has 0 spiro atoms. The molecule has 1 N–H and O–H groups in total. The van der Waals surface area contributed by atoms with Crippen LogP contribution in [-0.4, -0.2) is 22.2 Å². The van der Waals surface area contributed by atoms with Crippen LogP contribution in [-0.2, 0) is 16.6 Å². The number of fused-ring (bicyclic) bond motifs is 1. The molecule has 4 heteroatoms. The molecule has 0 saturated heterocycles. The maximum Gasteiger partial charge on any atom is 0.339 e. The van der Waals surface area contributed by atoms with Gasteiger partial charge in [-0.2, -0.15) is 0 Å². The smallest absolute Gasteiger partial charge is 0.339 e. The van der Waals surface area contributed by atoms with Gasteiger partial charge >= 0.3 is 5.97 Å². The summed E-state index contributed by atoms with van der Waals surface area (Å²) in [4.78, 5) is 11.6. The first kappa shape index (κ1) is 13.6. The standard InChI is InChI=1S/C15H19NO3/c1-5-19-15(18)14(17)11-6-7-13-12(8-11)9(2)10(3)16(13)4/h6-8,14,17H,5H2,1-4H3. The number of aryl methyl sites for hydroxylation is 2. The molecule has 1 atom stereocenters. The van der Waals surface area contributed by atoms with E-state index >= 15 is 0 Å². The summed E-state index contributed by atoms with van der Waals surface area (Å²) in [6.07, 6.45) is -1.22. The molecule has 102 valence electrons.